The van der Waals surface area contributed by atoms with Gasteiger partial charge in [-0.1, -0.05) is 121 Å². The number of fused-ring (bicyclic) bond motifs is 6. The molecule has 0 unspecified atom stereocenters. The number of hydrogen-bond acceptors (Lipinski definition) is 2. The van der Waals surface area contributed by atoms with Gasteiger partial charge in [0.1, 0.15) is 5.58 Å². The third-order valence-corrected chi connectivity index (χ3v) is 14.2. The predicted molar refractivity (Wildman–Crippen MR) is 227 cm³/mol. The van der Waals surface area contributed by atoms with Crippen molar-refractivity contribution in [1.29, 1.82) is 0 Å². The molecule has 0 aliphatic heterocycles. The zero-order valence-corrected chi connectivity index (χ0v) is 31.2. The van der Waals surface area contributed by atoms with Gasteiger partial charge in [0.25, 0.3) is 0 Å². The molecule has 4 saturated carbocycles. The molecule has 0 amide bonds. The van der Waals surface area contributed by atoms with Gasteiger partial charge < -0.3 is 9.32 Å². The molecule has 0 N–H and O–H groups in total. The van der Waals surface area contributed by atoms with Crippen molar-refractivity contribution < 1.29 is 4.42 Å². The first-order chi connectivity index (χ1) is 27.1. The lowest BCUT2D eigenvalue weighted by Gasteiger charge is -2.61. The Bertz CT molecular complexity index is 2760. The maximum atomic E-state index is 6.67. The number of hydrogen-bond donors (Lipinski definition) is 0. The first kappa shape index (κ1) is 31.5. The summed E-state index contributed by atoms with van der Waals surface area (Å²) in [6.45, 7) is 2.32. The van der Waals surface area contributed by atoms with E-state index in [-0.39, 0.29) is 5.41 Å². The average molecular weight is 710 g/mol. The van der Waals surface area contributed by atoms with Crippen LogP contribution in [-0.4, -0.2) is 0 Å². The van der Waals surface area contributed by atoms with Crippen LogP contribution in [0.25, 0.3) is 55.3 Å². The summed E-state index contributed by atoms with van der Waals surface area (Å²) in [5.41, 5.74) is 17.9. The molecule has 13 rings (SSSR count). The summed E-state index contributed by atoms with van der Waals surface area (Å²) in [5.74, 6) is 3.29. The van der Waals surface area contributed by atoms with Crippen LogP contribution in [-0.2, 0) is 5.41 Å². The van der Waals surface area contributed by atoms with E-state index in [1.165, 1.54) is 71.0 Å². The number of rotatable bonds is 5. The van der Waals surface area contributed by atoms with Crippen molar-refractivity contribution in [2.75, 3.05) is 4.90 Å². The summed E-state index contributed by atoms with van der Waals surface area (Å²) >= 11 is 0. The van der Waals surface area contributed by atoms with Crippen LogP contribution in [0, 0.1) is 30.6 Å². The van der Waals surface area contributed by atoms with Crippen molar-refractivity contribution in [3.8, 4) is 33.4 Å². The highest BCUT2D eigenvalue weighted by Gasteiger charge is 2.62. The Kier molecular flexibility index (Phi) is 6.77. The molecule has 266 valence electrons. The van der Waals surface area contributed by atoms with Gasteiger partial charge in [0.2, 0.25) is 0 Å². The fraction of sp³-hybridized carbons (Fsp3) is 0.208. The van der Waals surface area contributed by atoms with Crippen molar-refractivity contribution in [3.63, 3.8) is 0 Å². The fourth-order valence-corrected chi connectivity index (χ4v) is 12.3. The molecule has 5 aliphatic carbocycles. The van der Waals surface area contributed by atoms with Crippen LogP contribution in [0.2, 0.25) is 0 Å². The van der Waals surface area contributed by atoms with Gasteiger partial charge in [-0.15, -0.1) is 0 Å². The van der Waals surface area contributed by atoms with E-state index in [0.717, 1.165) is 62.7 Å². The van der Waals surface area contributed by atoms with Gasteiger partial charge in [-0.05, 0) is 149 Å². The Balaban J connectivity index is 1.03. The van der Waals surface area contributed by atoms with Gasteiger partial charge in [-0.3, -0.25) is 0 Å². The van der Waals surface area contributed by atoms with Crippen molar-refractivity contribution in [3.05, 3.63) is 174 Å². The summed E-state index contributed by atoms with van der Waals surface area (Å²) < 4.78 is 6.67. The van der Waals surface area contributed by atoms with Crippen molar-refractivity contribution in [2.24, 2.45) is 23.7 Å². The van der Waals surface area contributed by atoms with Gasteiger partial charge >= 0.3 is 0 Å². The van der Waals surface area contributed by atoms with E-state index >= 15 is 0 Å². The zero-order chi connectivity index (χ0) is 36.3. The number of aryl methyl sites for hydroxylation is 1. The summed E-state index contributed by atoms with van der Waals surface area (Å²) in [5, 5.41) is 2.27. The third kappa shape index (κ3) is 4.49. The molecular weight excluding hydrogens is 667 g/mol. The second kappa shape index (κ2) is 11.8. The fourth-order valence-electron chi connectivity index (χ4n) is 12.3. The summed E-state index contributed by atoms with van der Waals surface area (Å²) in [4.78, 5) is 2.39. The smallest absolute Gasteiger partial charge is 0.159 e. The lowest BCUT2D eigenvalue weighted by atomic mass is 9.42. The highest BCUT2D eigenvalue weighted by Crippen LogP contribution is 2.70. The summed E-state index contributed by atoms with van der Waals surface area (Å²) in [6.07, 6.45) is 7.01. The molecule has 2 nitrogen and oxygen atoms in total. The molecule has 4 bridgehead atoms. The molecule has 0 saturated heterocycles. The molecule has 7 aromatic carbocycles. The number of furan rings is 1. The van der Waals surface area contributed by atoms with Gasteiger partial charge in [-0.2, -0.15) is 0 Å². The van der Waals surface area contributed by atoms with Crippen LogP contribution in [0.5, 0.6) is 0 Å². The second-order valence-corrected chi connectivity index (χ2v) is 16.9. The molecule has 5 aliphatic rings. The quantitative estimate of drug-likeness (QED) is 0.177. The Labute approximate surface area is 323 Å². The molecule has 1 aromatic heterocycles. The standard InChI is InChI=1S/C53H43NO/c1-33-27-41(54(40-23-21-37(22-24-40)36-11-3-2-4-12-36)49-19-10-17-47-44-14-6-8-20-50(44)55-52(47)49)25-26-42(33)45-15-9-16-46-43-13-5-7-18-48(43)53(51(45)46)38-29-34-28-35(31-38)32-39(53)30-34/h2-27,34-35,38-39H,28-32H2,1H3. The van der Waals surface area contributed by atoms with E-state index in [1.807, 2.05) is 0 Å². The first-order valence-electron chi connectivity index (χ1n) is 20.4. The maximum absolute atomic E-state index is 6.67. The van der Waals surface area contributed by atoms with Crippen molar-refractivity contribution in [2.45, 2.75) is 44.4 Å². The first-order valence-corrected chi connectivity index (χ1v) is 20.4. The van der Waals surface area contributed by atoms with Crippen molar-refractivity contribution >= 4 is 39.0 Å². The third-order valence-electron chi connectivity index (χ3n) is 14.2. The van der Waals surface area contributed by atoms with E-state index in [2.05, 4.69) is 170 Å². The number of benzene rings is 7. The molecule has 2 heteroatoms. The topological polar surface area (TPSA) is 16.4 Å². The Morgan fingerprint density at radius 1 is 0.509 bits per heavy atom. The monoisotopic (exact) mass is 709 g/mol. The second-order valence-electron chi connectivity index (χ2n) is 16.9. The minimum absolute atomic E-state index is 0.116. The van der Waals surface area contributed by atoms with Crippen LogP contribution in [0.3, 0.4) is 0 Å². The molecule has 4 fully saturated rings. The molecule has 8 aromatic rings. The van der Waals surface area contributed by atoms with Gasteiger partial charge in [0.15, 0.2) is 5.58 Å². The molecule has 1 heterocycles. The number of para-hydroxylation sites is 2. The Morgan fingerprint density at radius 3 is 1.91 bits per heavy atom. The highest BCUT2D eigenvalue weighted by molar-refractivity contribution is 6.10. The lowest BCUT2D eigenvalue weighted by Crippen LogP contribution is -2.55. The predicted octanol–water partition coefficient (Wildman–Crippen LogP) is 14.4. The summed E-state index contributed by atoms with van der Waals surface area (Å²) in [6, 6.07) is 58.4. The van der Waals surface area contributed by atoms with E-state index in [9.17, 15) is 0 Å². The molecular formula is C53H43NO. The lowest BCUT2D eigenvalue weighted by molar-refractivity contribution is -0.0397. The van der Waals surface area contributed by atoms with E-state index in [4.69, 9.17) is 4.42 Å². The van der Waals surface area contributed by atoms with Gasteiger partial charge in [0, 0.05) is 27.6 Å². The minimum Gasteiger partial charge on any atom is -0.454 e. The Hall–Kier alpha value is -5.86. The summed E-state index contributed by atoms with van der Waals surface area (Å²) in [7, 11) is 0. The van der Waals surface area contributed by atoms with E-state index < -0.39 is 0 Å². The Morgan fingerprint density at radius 2 is 1.13 bits per heavy atom. The van der Waals surface area contributed by atoms with E-state index in [1.54, 1.807) is 11.1 Å². The van der Waals surface area contributed by atoms with Gasteiger partial charge in [0.05, 0.1) is 5.69 Å². The molecule has 0 radical (unpaired) electrons. The SMILES string of the molecule is Cc1cc(N(c2ccc(-c3ccccc3)cc2)c2cccc3c2oc2ccccc23)ccc1-c1cccc2c1C1(c3ccccc3-2)C2CC3CC(C2)CC1C3. The minimum atomic E-state index is 0.116. The van der Waals surface area contributed by atoms with Gasteiger partial charge in [-0.25, -0.2) is 0 Å². The van der Waals surface area contributed by atoms with Crippen LogP contribution in [0.4, 0.5) is 17.1 Å². The molecule has 0 atom stereocenters. The van der Waals surface area contributed by atoms with Crippen LogP contribution in [0.1, 0.15) is 48.8 Å². The van der Waals surface area contributed by atoms with Crippen LogP contribution >= 0.6 is 0 Å². The average Bonchev–Trinajstić information content (AvgIpc) is 3.75. The molecule has 1 spiro atoms. The largest absolute Gasteiger partial charge is 0.454 e. The number of nitrogens with zero attached hydrogens (tertiary/aromatic N) is 1. The maximum Gasteiger partial charge on any atom is 0.159 e. The number of anilines is 3. The normalized spacial score (nSPS) is 23.1. The van der Waals surface area contributed by atoms with E-state index in [0.29, 0.717) is 0 Å². The molecule has 55 heavy (non-hydrogen) atoms. The van der Waals surface area contributed by atoms with Crippen molar-refractivity contribution in [1.82, 2.24) is 0 Å². The zero-order valence-electron chi connectivity index (χ0n) is 31.2. The highest BCUT2D eigenvalue weighted by atomic mass is 16.3. The van der Waals surface area contributed by atoms with Crippen LogP contribution in [0.15, 0.2) is 162 Å². The van der Waals surface area contributed by atoms with Crippen LogP contribution < -0.4 is 4.90 Å².